The number of rotatable bonds is 6. The first-order chi connectivity index (χ1) is 11.0. The van der Waals surface area contributed by atoms with Crippen LogP contribution in [0, 0.1) is 16.0 Å². The number of likely N-dealkylation sites (N-methyl/N-ethyl adjacent to an activating group) is 1. The molecule has 2 rings (SSSR count). The molecule has 0 atom stereocenters. The second kappa shape index (κ2) is 8.03. The van der Waals surface area contributed by atoms with E-state index in [0.717, 1.165) is 25.7 Å². The van der Waals surface area contributed by atoms with Crippen molar-refractivity contribution in [2.24, 2.45) is 5.92 Å². The van der Waals surface area contributed by atoms with Crippen molar-refractivity contribution in [3.63, 3.8) is 0 Å². The molecule has 1 aliphatic carbocycles. The van der Waals surface area contributed by atoms with E-state index in [-0.39, 0.29) is 30.4 Å². The number of anilines is 1. The Morgan fingerprint density at radius 2 is 2.00 bits per heavy atom. The van der Waals surface area contributed by atoms with Crippen molar-refractivity contribution in [2.75, 3.05) is 25.5 Å². The van der Waals surface area contributed by atoms with E-state index < -0.39 is 4.92 Å². The van der Waals surface area contributed by atoms with Crippen molar-refractivity contribution >= 4 is 17.3 Å². The van der Waals surface area contributed by atoms with Crippen LogP contribution in [-0.2, 0) is 4.79 Å². The fraction of sp³-hybridized carbons (Fsp3) is 0.562. The molecule has 23 heavy (non-hydrogen) atoms. The monoisotopic (exact) mass is 321 g/mol. The number of nitrogens with zero attached hydrogens (tertiary/aromatic N) is 2. The van der Waals surface area contributed by atoms with Gasteiger partial charge in [-0.25, -0.2) is 0 Å². The van der Waals surface area contributed by atoms with Crippen molar-refractivity contribution in [3.8, 4) is 0 Å². The summed E-state index contributed by atoms with van der Waals surface area (Å²) in [5.41, 5.74) is 0.117. The van der Waals surface area contributed by atoms with E-state index in [1.165, 1.54) is 12.1 Å². The van der Waals surface area contributed by atoms with Crippen LogP contribution in [0.25, 0.3) is 0 Å². The Balaban J connectivity index is 1.89. The molecule has 0 saturated heterocycles. The summed E-state index contributed by atoms with van der Waals surface area (Å²) in [5, 5.41) is 22.7. The van der Waals surface area contributed by atoms with E-state index in [9.17, 15) is 14.9 Å². The van der Waals surface area contributed by atoms with Crippen LogP contribution >= 0.6 is 0 Å². The molecule has 126 valence electrons. The quantitative estimate of drug-likeness (QED) is 0.617. The SMILES string of the molecule is CN(CC(=O)Nc1ccccc1[N+](=O)[O-])C1CCC(CO)CC1. The van der Waals surface area contributed by atoms with E-state index in [1.54, 1.807) is 12.1 Å². The van der Waals surface area contributed by atoms with Crippen molar-refractivity contribution in [1.29, 1.82) is 0 Å². The Labute approximate surface area is 135 Å². The van der Waals surface area contributed by atoms with Gasteiger partial charge in [-0.15, -0.1) is 0 Å². The summed E-state index contributed by atoms with van der Waals surface area (Å²) >= 11 is 0. The number of nitro benzene ring substituents is 1. The van der Waals surface area contributed by atoms with Crippen molar-refractivity contribution in [3.05, 3.63) is 34.4 Å². The Hall–Kier alpha value is -1.99. The average Bonchev–Trinajstić information content (AvgIpc) is 2.55. The average molecular weight is 321 g/mol. The van der Waals surface area contributed by atoms with Gasteiger partial charge in [-0.3, -0.25) is 19.8 Å². The van der Waals surface area contributed by atoms with Crippen LogP contribution in [0.2, 0.25) is 0 Å². The minimum Gasteiger partial charge on any atom is -0.396 e. The van der Waals surface area contributed by atoms with Gasteiger partial charge >= 0.3 is 0 Å². The number of nitro groups is 1. The number of aliphatic hydroxyl groups is 1. The number of benzene rings is 1. The van der Waals surface area contributed by atoms with Crippen LogP contribution in [0.4, 0.5) is 11.4 Å². The number of carbonyl (C=O) groups excluding carboxylic acids is 1. The first-order valence-corrected chi connectivity index (χ1v) is 7.85. The third-order valence-electron chi connectivity index (χ3n) is 4.47. The summed E-state index contributed by atoms with van der Waals surface area (Å²) in [6, 6.07) is 6.44. The molecule has 0 heterocycles. The van der Waals surface area contributed by atoms with Gasteiger partial charge in [0.1, 0.15) is 5.69 Å². The number of nitrogens with one attached hydrogen (secondary N) is 1. The molecule has 0 radical (unpaired) electrons. The third kappa shape index (κ3) is 4.74. The first kappa shape index (κ1) is 17.4. The van der Waals surface area contributed by atoms with Crippen molar-refractivity contribution in [2.45, 2.75) is 31.7 Å². The van der Waals surface area contributed by atoms with Gasteiger partial charge in [0, 0.05) is 18.7 Å². The molecule has 7 heteroatoms. The maximum Gasteiger partial charge on any atom is 0.292 e. The smallest absolute Gasteiger partial charge is 0.292 e. The number of hydrogen-bond acceptors (Lipinski definition) is 5. The number of para-hydroxylation sites is 2. The Kier molecular flexibility index (Phi) is 6.06. The summed E-state index contributed by atoms with van der Waals surface area (Å²) in [7, 11) is 1.89. The van der Waals surface area contributed by atoms with E-state index in [1.807, 2.05) is 11.9 Å². The van der Waals surface area contributed by atoms with Crippen LogP contribution in [0.5, 0.6) is 0 Å². The molecule has 1 amide bonds. The maximum atomic E-state index is 12.1. The lowest BCUT2D eigenvalue weighted by Gasteiger charge is -2.33. The maximum absolute atomic E-state index is 12.1. The van der Waals surface area contributed by atoms with Gasteiger partial charge < -0.3 is 10.4 Å². The van der Waals surface area contributed by atoms with Crippen LogP contribution in [0.1, 0.15) is 25.7 Å². The zero-order chi connectivity index (χ0) is 16.8. The summed E-state index contributed by atoms with van der Waals surface area (Å²) in [5.74, 6) is 0.117. The Bertz CT molecular complexity index is 556. The van der Waals surface area contributed by atoms with Crippen LogP contribution in [-0.4, -0.2) is 47.1 Å². The molecule has 1 aliphatic rings. The van der Waals surface area contributed by atoms with E-state index in [2.05, 4.69) is 5.32 Å². The zero-order valence-corrected chi connectivity index (χ0v) is 13.3. The summed E-state index contributed by atoms with van der Waals surface area (Å²) in [6.45, 7) is 0.426. The van der Waals surface area contributed by atoms with E-state index in [4.69, 9.17) is 5.11 Å². The van der Waals surface area contributed by atoms with Crippen molar-refractivity contribution < 1.29 is 14.8 Å². The highest BCUT2D eigenvalue weighted by Gasteiger charge is 2.25. The summed E-state index contributed by atoms with van der Waals surface area (Å²) < 4.78 is 0. The standard InChI is InChI=1S/C16H23N3O4/c1-18(13-8-6-12(11-20)7-9-13)10-16(21)17-14-4-2-3-5-15(14)19(22)23/h2-5,12-13,20H,6-11H2,1H3,(H,17,21). The van der Waals surface area contributed by atoms with Crippen LogP contribution in [0.15, 0.2) is 24.3 Å². The van der Waals surface area contributed by atoms with E-state index >= 15 is 0 Å². The lowest BCUT2D eigenvalue weighted by atomic mass is 9.86. The molecule has 1 aromatic rings. The molecule has 1 aromatic carbocycles. The molecule has 0 aliphatic heterocycles. The minimum absolute atomic E-state index is 0.105. The van der Waals surface area contributed by atoms with Gasteiger partial charge in [0.15, 0.2) is 0 Å². The number of carbonyl (C=O) groups is 1. The highest BCUT2D eigenvalue weighted by molar-refractivity contribution is 5.94. The molecule has 7 nitrogen and oxygen atoms in total. The largest absolute Gasteiger partial charge is 0.396 e. The first-order valence-electron chi connectivity index (χ1n) is 7.85. The molecular formula is C16H23N3O4. The number of amides is 1. The summed E-state index contributed by atoms with van der Waals surface area (Å²) in [6.07, 6.45) is 3.86. The molecule has 0 aromatic heterocycles. The third-order valence-corrected chi connectivity index (χ3v) is 4.47. The second-order valence-corrected chi connectivity index (χ2v) is 6.09. The van der Waals surface area contributed by atoms with Gasteiger partial charge in [-0.1, -0.05) is 12.1 Å². The molecular weight excluding hydrogens is 298 g/mol. The predicted molar refractivity (Wildman–Crippen MR) is 87.2 cm³/mol. The Morgan fingerprint density at radius 1 is 1.35 bits per heavy atom. The van der Waals surface area contributed by atoms with Gasteiger partial charge in [0.25, 0.3) is 5.69 Å². The highest BCUT2D eigenvalue weighted by Crippen LogP contribution is 2.27. The van der Waals surface area contributed by atoms with Crippen LogP contribution < -0.4 is 5.32 Å². The molecule has 0 unspecified atom stereocenters. The molecule has 0 spiro atoms. The predicted octanol–water partition coefficient (Wildman–Crippen LogP) is 2.02. The van der Waals surface area contributed by atoms with Crippen molar-refractivity contribution in [1.82, 2.24) is 4.90 Å². The minimum atomic E-state index is -0.504. The number of hydrogen-bond donors (Lipinski definition) is 2. The fourth-order valence-corrected chi connectivity index (χ4v) is 3.05. The molecule has 0 bridgehead atoms. The lowest BCUT2D eigenvalue weighted by Crippen LogP contribution is -2.40. The Morgan fingerprint density at radius 3 is 2.61 bits per heavy atom. The highest BCUT2D eigenvalue weighted by atomic mass is 16.6. The van der Waals surface area contributed by atoms with Gasteiger partial charge in [-0.2, -0.15) is 0 Å². The second-order valence-electron chi connectivity index (χ2n) is 6.09. The van der Waals surface area contributed by atoms with Crippen LogP contribution in [0.3, 0.4) is 0 Å². The number of aliphatic hydroxyl groups excluding tert-OH is 1. The van der Waals surface area contributed by atoms with Gasteiger partial charge in [0.05, 0.1) is 11.5 Å². The lowest BCUT2D eigenvalue weighted by molar-refractivity contribution is -0.383. The van der Waals surface area contributed by atoms with E-state index in [0.29, 0.717) is 12.0 Å². The molecule has 1 fully saturated rings. The normalized spacial score (nSPS) is 21.2. The fourth-order valence-electron chi connectivity index (χ4n) is 3.05. The van der Waals surface area contributed by atoms with Gasteiger partial charge in [-0.05, 0) is 44.7 Å². The summed E-state index contributed by atoms with van der Waals surface area (Å²) in [4.78, 5) is 24.6. The zero-order valence-electron chi connectivity index (χ0n) is 13.3. The molecule has 1 saturated carbocycles. The topological polar surface area (TPSA) is 95.7 Å². The molecule has 2 N–H and O–H groups in total. The van der Waals surface area contributed by atoms with Gasteiger partial charge in [0.2, 0.25) is 5.91 Å².